The van der Waals surface area contributed by atoms with E-state index in [-0.39, 0.29) is 14.9 Å². The van der Waals surface area contributed by atoms with Crippen LogP contribution in [-0.4, -0.2) is 0 Å². The fourth-order valence-corrected chi connectivity index (χ4v) is 3.53. The third-order valence-corrected chi connectivity index (χ3v) is 4.39. The molecule has 0 aromatic heterocycles. The number of aryl methyl sites for hydroxylation is 1. The number of fused-ring (bicyclic) bond motifs is 1. The van der Waals surface area contributed by atoms with E-state index in [1.165, 1.54) is 12.8 Å². The summed E-state index contributed by atoms with van der Waals surface area (Å²) in [6.07, 6.45) is 2.61. The first kappa shape index (κ1) is 16.2. The molecule has 0 aliphatic heterocycles. The Morgan fingerprint density at radius 3 is 2.00 bits per heavy atom. The lowest BCUT2D eigenvalue weighted by atomic mass is 9.65. The van der Waals surface area contributed by atoms with Gasteiger partial charge in [-0.3, -0.25) is 0 Å². The summed E-state index contributed by atoms with van der Waals surface area (Å²) >= 11 is 0. The Bertz CT molecular complexity index is 339. The third-order valence-electron chi connectivity index (χ3n) is 4.39. The molecule has 0 heterocycles. The van der Waals surface area contributed by atoms with Gasteiger partial charge in [0.2, 0.25) is 0 Å². The van der Waals surface area contributed by atoms with Crippen molar-refractivity contribution < 1.29 is 0 Å². The van der Waals surface area contributed by atoms with Crippen LogP contribution in [0.15, 0.2) is 24.3 Å². The van der Waals surface area contributed by atoms with Crippen LogP contribution in [0, 0.1) is 11.8 Å². The van der Waals surface area contributed by atoms with E-state index in [4.69, 9.17) is 0 Å². The summed E-state index contributed by atoms with van der Waals surface area (Å²) in [5, 5.41) is 0. The molecule has 0 bridgehead atoms. The van der Waals surface area contributed by atoms with Crippen molar-refractivity contribution in [2.75, 3.05) is 0 Å². The quantitative estimate of drug-likeness (QED) is 0.638. The van der Waals surface area contributed by atoms with Gasteiger partial charge in [0, 0.05) is 5.41 Å². The van der Waals surface area contributed by atoms with E-state index in [2.05, 4.69) is 52.0 Å². The number of hydrogen-bond donors (Lipinski definition) is 0. The van der Waals surface area contributed by atoms with Gasteiger partial charge in [-0.1, -0.05) is 66.8 Å². The molecule has 0 amide bonds. The van der Waals surface area contributed by atoms with Gasteiger partial charge >= 0.3 is 0 Å². The summed E-state index contributed by atoms with van der Waals surface area (Å²) in [6, 6.07) is 9.03. The van der Waals surface area contributed by atoms with Gasteiger partial charge in [-0.2, -0.15) is 0 Å². The van der Waals surface area contributed by atoms with Crippen molar-refractivity contribution in [2.45, 2.75) is 60.8 Å². The number of benzene rings is 1. The first-order valence-corrected chi connectivity index (χ1v) is 6.17. The lowest BCUT2D eigenvalue weighted by molar-refractivity contribution is 0.218. The smallest absolute Gasteiger partial charge is 0.000483 e. The van der Waals surface area contributed by atoms with Crippen molar-refractivity contribution in [3.05, 3.63) is 35.4 Å². The average Bonchev–Trinajstić information content (AvgIpc) is 2.57. The average molecular weight is 234 g/mol. The zero-order valence-electron chi connectivity index (χ0n) is 10.4. The van der Waals surface area contributed by atoms with Crippen LogP contribution in [0.1, 0.15) is 60.1 Å². The SMILES string of the molecule is C.C.CC(C)C1(C(C)C)CCc2ccccc21. The van der Waals surface area contributed by atoms with Gasteiger partial charge in [0.15, 0.2) is 0 Å². The largest absolute Gasteiger partial charge is 0.0776 e. The van der Waals surface area contributed by atoms with Crippen molar-refractivity contribution in [1.82, 2.24) is 0 Å². The maximum atomic E-state index is 2.38. The highest BCUT2D eigenvalue weighted by Crippen LogP contribution is 2.49. The minimum absolute atomic E-state index is 0. The van der Waals surface area contributed by atoms with Crippen LogP contribution in [-0.2, 0) is 11.8 Å². The molecule has 0 atom stereocenters. The third kappa shape index (κ3) is 2.27. The molecule has 0 spiro atoms. The Morgan fingerprint density at radius 2 is 1.47 bits per heavy atom. The molecule has 1 aromatic carbocycles. The van der Waals surface area contributed by atoms with Gasteiger partial charge in [0.25, 0.3) is 0 Å². The lowest BCUT2D eigenvalue weighted by Crippen LogP contribution is -2.35. The first-order valence-electron chi connectivity index (χ1n) is 6.17. The van der Waals surface area contributed by atoms with E-state index in [0.29, 0.717) is 5.41 Å². The van der Waals surface area contributed by atoms with Crippen molar-refractivity contribution >= 4 is 0 Å². The van der Waals surface area contributed by atoms with E-state index < -0.39 is 0 Å². The van der Waals surface area contributed by atoms with Gasteiger partial charge in [-0.25, -0.2) is 0 Å². The summed E-state index contributed by atoms with van der Waals surface area (Å²) in [5.74, 6) is 1.47. The fraction of sp³-hybridized carbons (Fsp3) is 0.647. The maximum Gasteiger partial charge on any atom is 0.000483 e. The molecule has 0 nitrogen and oxygen atoms in total. The zero-order chi connectivity index (χ0) is 11.1. The van der Waals surface area contributed by atoms with E-state index in [1.54, 1.807) is 11.1 Å². The van der Waals surface area contributed by atoms with Crippen LogP contribution in [0.3, 0.4) is 0 Å². The second-order valence-corrected chi connectivity index (χ2v) is 5.51. The minimum atomic E-state index is 0. The van der Waals surface area contributed by atoms with Crippen LogP contribution < -0.4 is 0 Å². The molecular formula is C17H30. The monoisotopic (exact) mass is 234 g/mol. The van der Waals surface area contributed by atoms with E-state index in [0.717, 1.165) is 11.8 Å². The van der Waals surface area contributed by atoms with E-state index in [1.807, 2.05) is 0 Å². The Balaban J connectivity index is 0.00000128. The number of rotatable bonds is 2. The lowest BCUT2D eigenvalue weighted by Gasteiger charge is -2.39. The van der Waals surface area contributed by atoms with Crippen LogP contribution in [0.25, 0.3) is 0 Å². The topological polar surface area (TPSA) is 0 Å². The van der Waals surface area contributed by atoms with Gasteiger partial charge < -0.3 is 0 Å². The summed E-state index contributed by atoms with van der Waals surface area (Å²) in [4.78, 5) is 0. The second kappa shape index (κ2) is 5.71. The Morgan fingerprint density at radius 1 is 0.941 bits per heavy atom. The van der Waals surface area contributed by atoms with Crippen LogP contribution in [0.4, 0.5) is 0 Å². The predicted molar refractivity (Wildman–Crippen MR) is 79.6 cm³/mol. The normalized spacial score (nSPS) is 16.4. The van der Waals surface area contributed by atoms with Crippen molar-refractivity contribution in [3.8, 4) is 0 Å². The highest BCUT2D eigenvalue weighted by atomic mass is 14.5. The second-order valence-electron chi connectivity index (χ2n) is 5.51. The molecule has 0 saturated heterocycles. The molecule has 0 fully saturated rings. The predicted octanol–water partition coefficient (Wildman–Crippen LogP) is 5.45. The molecule has 0 heteroatoms. The molecule has 0 saturated carbocycles. The van der Waals surface area contributed by atoms with Gasteiger partial charge in [-0.15, -0.1) is 0 Å². The van der Waals surface area contributed by atoms with Gasteiger partial charge in [0.05, 0.1) is 0 Å². The molecule has 0 unspecified atom stereocenters. The molecule has 0 N–H and O–H groups in total. The Labute approximate surface area is 108 Å². The highest BCUT2D eigenvalue weighted by Gasteiger charge is 2.43. The molecule has 98 valence electrons. The summed E-state index contributed by atoms with van der Waals surface area (Å²) in [7, 11) is 0. The Kier molecular flexibility index (Phi) is 5.45. The standard InChI is InChI=1S/C15H22.2CH4/c1-11(2)15(12(3)4)10-9-13-7-5-6-8-14(13)15;;/h5-8,11-12H,9-10H2,1-4H3;2*1H4. The molecule has 1 aromatic rings. The van der Waals surface area contributed by atoms with Crippen molar-refractivity contribution in [1.29, 1.82) is 0 Å². The summed E-state index contributed by atoms with van der Waals surface area (Å²) in [5.41, 5.74) is 3.63. The molecule has 0 radical (unpaired) electrons. The van der Waals surface area contributed by atoms with Crippen LogP contribution >= 0.6 is 0 Å². The minimum Gasteiger partial charge on any atom is -0.0776 e. The first-order chi connectivity index (χ1) is 7.09. The van der Waals surface area contributed by atoms with Gasteiger partial charge in [0.1, 0.15) is 0 Å². The molecule has 17 heavy (non-hydrogen) atoms. The molecule has 1 aliphatic rings. The van der Waals surface area contributed by atoms with Crippen molar-refractivity contribution in [2.24, 2.45) is 11.8 Å². The summed E-state index contributed by atoms with van der Waals surface area (Å²) in [6.45, 7) is 9.51. The van der Waals surface area contributed by atoms with Crippen LogP contribution in [0.2, 0.25) is 0 Å². The Hall–Kier alpha value is -0.780. The van der Waals surface area contributed by atoms with E-state index in [9.17, 15) is 0 Å². The van der Waals surface area contributed by atoms with Crippen molar-refractivity contribution in [3.63, 3.8) is 0 Å². The molecule has 1 aliphatic carbocycles. The maximum absolute atomic E-state index is 2.38. The van der Waals surface area contributed by atoms with E-state index >= 15 is 0 Å². The zero-order valence-corrected chi connectivity index (χ0v) is 10.4. The fourth-order valence-electron chi connectivity index (χ4n) is 3.53. The van der Waals surface area contributed by atoms with Gasteiger partial charge in [-0.05, 0) is 35.8 Å². The molecular weight excluding hydrogens is 204 g/mol. The summed E-state index contributed by atoms with van der Waals surface area (Å²) < 4.78 is 0. The van der Waals surface area contributed by atoms with Crippen LogP contribution in [0.5, 0.6) is 0 Å². The number of hydrogen-bond acceptors (Lipinski definition) is 0. The molecule has 2 rings (SSSR count). The highest BCUT2D eigenvalue weighted by molar-refractivity contribution is 5.40.